The summed E-state index contributed by atoms with van der Waals surface area (Å²) in [7, 11) is 0. The summed E-state index contributed by atoms with van der Waals surface area (Å²) in [5.74, 6) is -1.32. The molecule has 1 saturated heterocycles. The Morgan fingerprint density at radius 1 is 1.12 bits per heavy atom. The van der Waals surface area contributed by atoms with Crippen LogP contribution < -0.4 is 5.32 Å². The van der Waals surface area contributed by atoms with Gasteiger partial charge in [0.15, 0.2) is 0 Å². The summed E-state index contributed by atoms with van der Waals surface area (Å²) < 4.78 is 42.5. The molecule has 33 heavy (non-hydrogen) atoms. The van der Waals surface area contributed by atoms with Crippen LogP contribution in [0.4, 0.5) is 18.9 Å². The normalized spacial score (nSPS) is 16.5. The van der Waals surface area contributed by atoms with Gasteiger partial charge in [0.2, 0.25) is 5.91 Å². The predicted molar refractivity (Wildman–Crippen MR) is 117 cm³/mol. The molecule has 9 heteroatoms. The molecule has 1 fully saturated rings. The highest BCUT2D eigenvalue weighted by atomic mass is 19.4. The molecule has 0 aliphatic carbocycles. The number of alkyl halides is 3. The maximum atomic E-state index is 13.7. The molecule has 1 aliphatic heterocycles. The molecule has 2 amide bonds. The molecule has 0 radical (unpaired) electrons. The van der Waals surface area contributed by atoms with E-state index in [0.717, 1.165) is 11.6 Å². The van der Waals surface area contributed by atoms with Crippen molar-refractivity contribution in [3.8, 4) is 5.69 Å². The minimum absolute atomic E-state index is 0.158. The highest BCUT2D eigenvalue weighted by Crippen LogP contribution is 2.36. The first-order valence-electron chi connectivity index (χ1n) is 10.6. The van der Waals surface area contributed by atoms with Crippen LogP contribution in [0.15, 0.2) is 60.9 Å². The van der Waals surface area contributed by atoms with Crippen molar-refractivity contribution in [2.24, 2.45) is 5.92 Å². The van der Waals surface area contributed by atoms with Crippen LogP contribution in [0, 0.1) is 12.8 Å². The molecule has 1 aliphatic rings. The molecule has 1 atom stereocenters. The lowest BCUT2D eigenvalue weighted by Crippen LogP contribution is -2.43. The fourth-order valence-corrected chi connectivity index (χ4v) is 3.93. The summed E-state index contributed by atoms with van der Waals surface area (Å²) in [5, 5.41) is 6.39. The average Bonchev–Trinajstić information content (AvgIpc) is 3.34. The fourth-order valence-electron chi connectivity index (χ4n) is 3.93. The van der Waals surface area contributed by atoms with Crippen LogP contribution in [0.25, 0.3) is 5.69 Å². The van der Waals surface area contributed by atoms with Gasteiger partial charge in [0.1, 0.15) is 0 Å². The summed E-state index contributed by atoms with van der Waals surface area (Å²) in [6, 6.07) is 12.4. The van der Waals surface area contributed by atoms with Crippen LogP contribution in [0.2, 0.25) is 0 Å². The van der Waals surface area contributed by atoms with Crippen molar-refractivity contribution in [2.45, 2.75) is 25.9 Å². The molecule has 0 saturated carbocycles. The first-order valence-corrected chi connectivity index (χ1v) is 10.6. The van der Waals surface area contributed by atoms with Gasteiger partial charge in [0, 0.05) is 31.0 Å². The minimum atomic E-state index is -4.66. The van der Waals surface area contributed by atoms with Crippen LogP contribution >= 0.6 is 0 Å². The standard InChI is InChI=1S/C24H23F3N4O2/c1-16-5-7-17(8-6-16)23(33)30-12-2-4-18(15-30)22(32)29-21-10-9-19(31-13-3-11-28-31)14-20(21)24(25,26)27/h3,5-11,13-14,18H,2,4,12,15H2,1H3,(H,29,32). The van der Waals surface area contributed by atoms with E-state index in [0.29, 0.717) is 24.9 Å². The van der Waals surface area contributed by atoms with Crippen molar-refractivity contribution in [1.29, 1.82) is 0 Å². The van der Waals surface area contributed by atoms with Crippen molar-refractivity contribution < 1.29 is 22.8 Å². The number of anilines is 1. The van der Waals surface area contributed by atoms with Gasteiger partial charge in [0.25, 0.3) is 5.91 Å². The summed E-state index contributed by atoms with van der Waals surface area (Å²) in [6.45, 7) is 2.58. The Labute approximate surface area is 189 Å². The number of amides is 2. The molecular formula is C24H23F3N4O2. The summed E-state index contributed by atoms with van der Waals surface area (Å²) in [6.07, 6.45) is -0.562. The zero-order valence-electron chi connectivity index (χ0n) is 18.0. The van der Waals surface area contributed by atoms with Crippen molar-refractivity contribution in [3.05, 3.63) is 77.6 Å². The number of likely N-dealkylation sites (tertiary alicyclic amines) is 1. The maximum absolute atomic E-state index is 13.7. The number of benzene rings is 2. The molecule has 172 valence electrons. The van der Waals surface area contributed by atoms with E-state index in [1.807, 2.05) is 19.1 Å². The number of carbonyl (C=O) groups excluding carboxylic acids is 2. The van der Waals surface area contributed by atoms with Gasteiger partial charge in [-0.3, -0.25) is 9.59 Å². The number of rotatable bonds is 4. The molecule has 0 spiro atoms. The first kappa shape index (κ1) is 22.6. The predicted octanol–water partition coefficient (Wildman–Crippen LogP) is 4.69. The number of halogens is 3. The molecule has 2 aromatic carbocycles. The van der Waals surface area contributed by atoms with E-state index in [4.69, 9.17) is 0 Å². The van der Waals surface area contributed by atoms with E-state index in [-0.39, 0.29) is 23.8 Å². The minimum Gasteiger partial charge on any atom is -0.338 e. The highest BCUT2D eigenvalue weighted by Gasteiger charge is 2.36. The number of nitrogens with one attached hydrogen (secondary N) is 1. The number of hydrogen-bond donors (Lipinski definition) is 1. The Morgan fingerprint density at radius 3 is 2.55 bits per heavy atom. The topological polar surface area (TPSA) is 67.2 Å². The Hall–Kier alpha value is -3.62. The molecule has 6 nitrogen and oxygen atoms in total. The second-order valence-electron chi connectivity index (χ2n) is 8.12. The number of piperidine rings is 1. The van der Waals surface area contributed by atoms with Gasteiger partial charge in [-0.05, 0) is 56.2 Å². The SMILES string of the molecule is Cc1ccc(C(=O)N2CCCC(C(=O)Nc3ccc(-n4cccn4)cc3C(F)(F)F)C2)cc1. The van der Waals surface area contributed by atoms with Crippen molar-refractivity contribution in [1.82, 2.24) is 14.7 Å². The van der Waals surface area contributed by atoms with Crippen LogP contribution in [0.5, 0.6) is 0 Å². The average molecular weight is 456 g/mol. The molecule has 4 rings (SSSR count). The second kappa shape index (κ2) is 9.09. The first-order chi connectivity index (χ1) is 15.7. The van der Waals surface area contributed by atoms with Crippen LogP contribution in [-0.2, 0) is 11.0 Å². The molecule has 1 unspecified atom stereocenters. The molecule has 2 heterocycles. The molecular weight excluding hydrogens is 433 g/mol. The van der Waals surface area contributed by atoms with Crippen molar-refractivity contribution in [2.75, 3.05) is 18.4 Å². The Balaban J connectivity index is 1.50. The number of aromatic nitrogens is 2. The molecule has 1 N–H and O–H groups in total. The van der Waals surface area contributed by atoms with Crippen LogP contribution in [0.3, 0.4) is 0 Å². The lowest BCUT2D eigenvalue weighted by Gasteiger charge is -2.32. The maximum Gasteiger partial charge on any atom is 0.418 e. The van der Waals surface area contributed by atoms with Gasteiger partial charge in [-0.15, -0.1) is 0 Å². The van der Waals surface area contributed by atoms with E-state index < -0.39 is 23.6 Å². The number of carbonyl (C=O) groups is 2. The Kier molecular flexibility index (Phi) is 6.22. The second-order valence-corrected chi connectivity index (χ2v) is 8.12. The van der Waals surface area contributed by atoms with Gasteiger partial charge in [-0.1, -0.05) is 17.7 Å². The number of nitrogens with zero attached hydrogens (tertiary/aromatic N) is 3. The molecule has 3 aromatic rings. The van der Waals surface area contributed by atoms with E-state index in [1.165, 1.54) is 29.2 Å². The van der Waals surface area contributed by atoms with Crippen molar-refractivity contribution in [3.63, 3.8) is 0 Å². The quantitative estimate of drug-likeness (QED) is 0.619. The van der Waals surface area contributed by atoms with E-state index in [2.05, 4.69) is 10.4 Å². The number of aryl methyl sites for hydroxylation is 1. The zero-order valence-corrected chi connectivity index (χ0v) is 18.0. The van der Waals surface area contributed by atoms with Crippen LogP contribution in [-0.4, -0.2) is 39.6 Å². The van der Waals surface area contributed by atoms with Gasteiger partial charge in [-0.2, -0.15) is 18.3 Å². The lowest BCUT2D eigenvalue weighted by atomic mass is 9.96. The van der Waals surface area contributed by atoms with Gasteiger partial charge < -0.3 is 10.2 Å². The van der Waals surface area contributed by atoms with E-state index in [1.54, 1.807) is 23.1 Å². The monoisotopic (exact) mass is 456 g/mol. The third-order valence-corrected chi connectivity index (χ3v) is 5.71. The van der Waals surface area contributed by atoms with Crippen molar-refractivity contribution >= 4 is 17.5 Å². The van der Waals surface area contributed by atoms with Crippen LogP contribution in [0.1, 0.15) is 34.3 Å². The van der Waals surface area contributed by atoms with Gasteiger partial charge >= 0.3 is 6.18 Å². The summed E-state index contributed by atoms with van der Waals surface area (Å²) >= 11 is 0. The largest absolute Gasteiger partial charge is 0.418 e. The highest BCUT2D eigenvalue weighted by molar-refractivity contribution is 5.96. The molecule has 0 bridgehead atoms. The van der Waals surface area contributed by atoms with Gasteiger partial charge in [0.05, 0.1) is 22.9 Å². The zero-order chi connectivity index (χ0) is 23.6. The fraction of sp³-hybridized carbons (Fsp3) is 0.292. The summed E-state index contributed by atoms with van der Waals surface area (Å²) in [5.41, 5.74) is 0.521. The van der Waals surface area contributed by atoms with E-state index in [9.17, 15) is 22.8 Å². The summed E-state index contributed by atoms with van der Waals surface area (Å²) in [4.78, 5) is 27.3. The smallest absolute Gasteiger partial charge is 0.338 e. The van der Waals surface area contributed by atoms with Gasteiger partial charge in [-0.25, -0.2) is 4.68 Å². The van der Waals surface area contributed by atoms with E-state index >= 15 is 0 Å². The number of hydrogen-bond acceptors (Lipinski definition) is 3. The third-order valence-electron chi connectivity index (χ3n) is 5.71. The molecule has 1 aromatic heterocycles. The third kappa shape index (κ3) is 5.08. The Morgan fingerprint density at radius 2 is 1.88 bits per heavy atom. The Bertz CT molecular complexity index is 1140. The lowest BCUT2D eigenvalue weighted by molar-refractivity contribution is -0.137.